The molecule has 2 N–H and O–H groups in total. The van der Waals surface area contributed by atoms with Gasteiger partial charge < -0.3 is 10.4 Å². The zero-order valence-corrected chi connectivity index (χ0v) is 13.6. The third-order valence-electron chi connectivity index (χ3n) is 4.04. The van der Waals surface area contributed by atoms with Crippen molar-refractivity contribution in [1.29, 1.82) is 0 Å². The molecule has 1 atom stereocenters. The Hall–Kier alpha value is -1.92. The van der Waals surface area contributed by atoms with Gasteiger partial charge in [0.2, 0.25) is 5.91 Å². The second-order valence-electron chi connectivity index (χ2n) is 6.24. The Morgan fingerprint density at radius 2 is 2.09 bits per heavy atom. The van der Waals surface area contributed by atoms with Gasteiger partial charge in [-0.1, -0.05) is 30.3 Å². The number of benzene rings is 1. The van der Waals surface area contributed by atoms with E-state index < -0.39 is 5.97 Å². The summed E-state index contributed by atoms with van der Waals surface area (Å²) < 4.78 is 0. The summed E-state index contributed by atoms with van der Waals surface area (Å²) in [7, 11) is 1.90. The van der Waals surface area contributed by atoms with Crippen LogP contribution in [0.2, 0.25) is 0 Å². The van der Waals surface area contributed by atoms with E-state index in [1.165, 1.54) is 5.56 Å². The summed E-state index contributed by atoms with van der Waals surface area (Å²) in [4.78, 5) is 26.4. The van der Waals surface area contributed by atoms with Gasteiger partial charge in [-0.05, 0) is 31.5 Å². The van der Waals surface area contributed by atoms with Crippen LogP contribution in [0.3, 0.4) is 0 Å². The molecule has 6 nitrogen and oxygen atoms in total. The van der Waals surface area contributed by atoms with Crippen molar-refractivity contribution in [2.24, 2.45) is 5.92 Å². The van der Waals surface area contributed by atoms with E-state index in [1.54, 1.807) is 0 Å². The molecule has 1 aromatic rings. The summed E-state index contributed by atoms with van der Waals surface area (Å²) in [6.07, 6.45) is 1.13. The summed E-state index contributed by atoms with van der Waals surface area (Å²) >= 11 is 0. The molecule has 6 heteroatoms. The number of nitrogens with one attached hydrogen (secondary N) is 1. The summed E-state index contributed by atoms with van der Waals surface area (Å²) in [6, 6.07) is 10.4. The zero-order valence-electron chi connectivity index (χ0n) is 13.6. The summed E-state index contributed by atoms with van der Waals surface area (Å²) in [5.74, 6) is -0.710. The van der Waals surface area contributed by atoms with Crippen molar-refractivity contribution >= 4 is 11.9 Å². The molecule has 1 fully saturated rings. The highest BCUT2D eigenvalue weighted by Crippen LogP contribution is 2.19. The molecule has 126 valence electrons. The van der Waals surface area contributed by atoms with Crippen molar-refractivity contribution in [1.82, 2.24) is 15.1 Å². The molecule has 23 heavy (non-hydrogen) atoms. The molecule has 1 unspecified atom stereocenters. The van der Waals surface area contributed by atoms with Crippen molar-refractivity contribution in [3.8, 4) is 0 Å². The lowest BCUT2D eigenvalue weighted by molar-refractivity contribution is -0.138. The first-order chi connectivity index (χ1) is 11.0. The molecule has 0 spiro atoms. The molecule has 1 saturated heterocycles. The molecular formula is C17H25N3O3. The number of aliphatic carboxylic acids is 1. The van der Waals surface area contributed by atoms with E-state index in [2.05, 4.69) is 34.5 Å². The number of likely N-dealkylation sites (N-methyl/N-ethyl adjacent to an activating group) is 1. The lowest BCUT2D eigenvalue weighted by Gasteiger charge is -2.21. The van der Waals surface area contributed by atoms with Crippen molar-refractivity contribution in [2.75, 3.05) is 39.8 Å². The maximum atomic E-state index is 11.6. The monoisotopic (exact) mass is 319 g/mol. The number of carboxylic acids is 1. The summed E-state index contributed by atoms with van der Waals surface area (Å²) in [5.41, 5.74) is 1.33. The molecule has 0 saturated carbocycles. The number of hydrogen-bond acceptors (Lipinski definition) is 4. The first kappa shape index (κ1) is 17.4. The van der Waals surface area contributed by atoms with Crippen LogP contribution in [-0.2, 0) is 16.1 Å². The highest BCUT2D eigenvalue weighted by Gasteiger charge is 2.24. The second kappa shape index (κ2) is 8.64. The van der Waals surface area contributed by atoms with E-state index in [1.807, 2.05) is 18.0 Å². The number of nitrogens with zero attached hydrogens (tertiary/aromatic N) is 2. The van der Waals surface area contributed by atoms with Crippen LogP contribution in [0, 0.1) is 5.92 Å². The third-order valence-corrected chi connectivity index (χ3v) is 4.04. The molecule has 2 rings (SSSR count). The van der Waals surface area contributed by atoms with Gasteiger partial charge in [0, 0.05) is 19.6 Å². The van der Waals surface area contributed by atoms with E-state index in [0.29, 0.717) is 5.92 Å². The van der Waals surface area contributed by atoms with Gasteiger partial charge in [0.1, 0.15) is 6.54 Å². The first-order valence-electron chi connectivity index (χ1n) is 7.96. The van der Waals surface area contributed by atoms with Gasteiger partial charge in [-0.15, -0.1) is 0 Å². The standard InChI is InChI=1S/C17H25N3O3/c1-19(13-16(21)18-9-17(22)23)10-15-7-8-20(12-15)11-14-5-3-2-4-6-14/h2-6,15H,7-13H2,1H3,(H,18,21)(H,22,23). The Morgan fingerprint density at radius 3 is 2.78 bits per heavy atom. The van der Waals surface area contributed by atoms with Gasteiger partial charge in [0.05, 0.1) is 6.54 Å². The first-order valence-corrected chi connectivity index (χ1v) is 7.96. The fourth-order valence-electron chi connectivity index (χ4n) is 3.03. The van der Waals surface area contributed by atoms with Gasteiger partial charge >= 0.3 is 5.97 Å². The lowest BCUT2D eigenvalue weighted by atomic mass is 10.1. The van der Waals surface area contributed by atoms with Crippen molar-refractivity contribution in [3.63, 3.8) is 0 Å². The molecular weight excluding hydrogens is 294 g/mol. The Kier molecular flexibility index (Phi) is 6.55. The molecule has 1 amide bonds. The second-order valence-corrected chi connectivity index (χ2v) is 6.24. The van der Waals surface area contributed by atoms with Gasteiger partial charge in [-0.25, -0.2) is 0 Å². The number of carbonyl (C=O) groups is 2. The summed E-state index contributed by atoms with van der Waals surface area (Å²) in [6.45, 7) is 3.87. The number of carboxylic acid groups (broad SMARTS) is 1. The summed E-state index contributed by atoms with van der Waals surface area (Å²) in [5, 5.41) is 10.9. The van der Waals surface area contributed by atoms with Crippen LogP contribution in [0.15, 0.2) is 30.3 Å². The Bertz CT molecular complexity index is 521. The average molecular weight is 319 g/mol. The van der Waals surface area contributed by atoms with Gasteiger partial charge in [-0.2, -0.15) is 0 Å². The number of likely N-dealkylation sites (tertiary alicyclic amines) is 1. The maximum absolute atomic E-state index is 11.6. The number of amides is 1. The predicted octanol–water partition coefficient (Wildman–Crippen LogP) is 0.641. The van der Waals surface area contributed by atoms with E-state index in [0.717, 1.165) is 32.6 Å². The van der Waals surface area contributed by atoms with Crippen LogP contribution in [0.1, 0.15) is 12.0 Å². The highest BCUT2D eigenvalue weighted by molar-refractivity contribution is 5.82. The van der Waals surface area contributed by atoms with E-state index in [9.17, 15) is 9.59 Å². The van der Waals surface area contributed by atoms with Crippen LogP contribution in [0.4, 0.5) is 0 Å². The van der Waals surface area contributed by atoms with Crippen LogP contribution >= 0.6 is 0 Å². The Labute approximate surface area is 137 Å². The molecule has 0 bridgehead atoms. The topological polar surface area (TPSA) is 72.9 Å². The van der Waals surface area contributed by atoms with Crippen LogP contribution in [0.25, 0.3) is 0 Å². The Balaban J connectivity index is 1.68. The fraction of sp³-hybridized carbons (Fsp3) is 0.529. The fourth-order valence-corrected chi connectivity index (χ4v) is 3.03. The van der Waals surface area contributed by atoms with Gasteiger partial charge in [0.15, 0.2) is 0 Å². The minimum absolute atomic E-state index is 0.239. The average Bonchev–Trinajstić information content (AvgIpc) is 2.93. The molecule has 0 aliphatic carbocycles. The number of carbonyl (C=O) groups excluding carboxylic acids is 1. The minimum Gasteiger partial charge on any atom is -0.480 e. The predicted molar refractivity (Wildman–Crippen MR) is 88.0 cm³/mol. The van der Waals surface area contributed by atoms with E-state index >= 15 is 0 Å². The quantitative estimate of drug-likeness (QED) is 0.736. The molecule has 0 aromatic heterocycles. The molecule has 1 aromatic carbocycles. The van der Waals surface area contributed by atoms with Crippen molar-refractivity contribution in [2.45, 2.75) is 13.0 Å². The molecule has 0 radical (unpaired) electrons. The largest absolute Gasteiger partial charge is 0.480 e. The molecule has 1 aliphatic heterocycles. The van der Waals surface area contributed by atoms with Crippen LogP contribution in [0.5, 0.6) is 0 Å². The van der Waals surface area contributed by atoms with Gasteiger partial charge in [-0.3, -0.25) is 19.4 Å². The maximum Gasteiger partial charge on any atom is 0.322 e. The van der Waals surface area contributed by atoms with Crippen LogP contribution in [-0.4, -0.2) is 66.6 Å². The molecule has 1 aliphatic rings. The minimum atomic E-state index is -1.02. The van der Waals surface area contributed by atoms with Crippen LogP contribution < -0.4 is 5.32 Å². The van der Waals surface area contributed by atoms with E-state index in [-0.39, 0.29) is 19.0 Å². The number of hydrogen-bond donors (Lipinski definition) is 2. The highest BCUT2D eigenvalue weighted by atomic mass is 16.4. The number of rotatable bonds is 8. The third kappa shape index (κ3) is 6.38. The van der Waals surface area contributed by atoms with Gasteiger partial charge in [0.25, 0.3) is 0 Å². The molecule has 1 heterocycles. The lowest BCUT2D eigenvalue weighted by Crippen LogP contribution is -2.39. The van der Waals surface area contributed by atoms with E-state index in [4.69, 9.17) is 5.11 Å². The Morgan fingerprint density at radius 1 is 1.35 bits per heavy atom. The zero-order chi connectivity index (χ0) is 16.7. The smallest absolute Gasteiger partial charge is 0.322 e. The van der Waals surface area contributed by atoms with Crippen molar-refractivity contribution in [3.05, 3.63) is 35.9 Å². The van der Waals surface area contributed by atoms with Crippen molar-refractivity contribution < 1.29 is 14.7 Å². The SMILES string of the molecule is CN(CC(=O)NCC(=O)O)CC1CCN(Cc2ccccc2)C1. The normalized spacial score (nSPS) is 18.3.